The number of methoxy groups -OCH3 is 1. The van der Waals surface area contributed by atoms with Gasteiger partial charge in [0.2, 0.25) is 10.0 Å². The molecule has 8 nitrogen and oxygen atoms in total. The van der Waals surface area contributed by atoms with E-state index in [9.17, 15) is 18.0 Å². The number of nitrogens with two attached hydrogens (primary N) is 1. The summed E-state index contributed by atoms with van der Waals surface area (Å²) in [6.07, 6.45) is 0.795. The molecular weight excluding hydrogens is 428 g/mol. The quantitative estimate of drug-likeness (QED) is 0.696. The highest BCUT2D eigenvalue weighted by atomic mass is 32.2. The Balaban J connectivity index is 1.78. The Hall–Kier alpha value is -2.56. The van der Waals surface area contributed by atoms with Crippen LogP contribution < -0.4 is 14.8 Å². The number of anilines is 1. The number of hydrogen-bond donors (Lipinski definition) is 1. The summed E-state index contributed by atoms with van der Waals surface area (Å²) in [4.78, 5) is 27.7. The van der Waals surface area contributed by atoms with Gasteiger partial charge in [-0.1, -0.05) is 19.1 Å². The van der Waals surface area contributed by atoms with Crippen LogP contribution in [0, 0.1) is 0 Å². The number of nitrogens with zero attached hydrogens (tertiary/aromatic N) is 1. The zero-order valence-electron chi connectivity index (χ0n) is 16.5. The molecule has 2 aromatic rings. The van der Waals surface area contributed by atoms with Gasteiger partial charge in [0.1, 0.15) is 11.3 Å². The lowest BCUT2D eigenvalue weighted by Gasteiger charge is -2.22. The van der Waals surface area contributed by atoms with Crippen molar-refractivity contribution in [1.82, 2.24) is 0 Å². The lowest BCUT2D eigenvalue weighted by molar-refractivity contribution is -0.121. The van der Waals surface area contributed by atoms with Crippen LogP contribution in [0.15, 0.2) is 52.3 Å². The van der Waals surface area contributed by atoms with Gasteiger partial charge in [0.05, 0.1) is 17.7 Å². The fourth-order valence-corrected chi connectivity index (χ4v) is 4.71. The molecule has 3 rings (SSSR count). The second-order valence-corrected chi connectivity index (χ2v) is 9.76. The van der Waals surface area contributed by atoms with E-state index in [0.717, 1.165) is 23.1 Å². The van der Waals surface area contributed by atoms with Gasteiger partial charge >= 0.3 is 5.97 Å². The Morgan fingerprint density at radius 1 is 1.23 bits per heavy atom. The molecule has 1 heterocycles. The van der Waals surface area contributed by atoms with E-state index in [1.54, 1.807) is 16.7 Å². The Bertz CT molecular complexity index is 1070. The number of carbonyl (C=O) groups is 2. The molecule has 30 heavy (non-hydrogen) atoms. The van der Waals surface area contributed by atoms with E-state index >= 15 is 0 Å². The number of para-hydroxylation sites is 1. The summed E-state index contributed by atoms with van der Waals surface area (Å²) >= 11 is 1.70. The highest BCUT2D eigenvalue weighted by Crippen LogP contribution is 2.37. The maximum atomic E-state index is 12.8. The Kier molecular flexibility index (Phi) is 6.69. The largest absolute Gasteiger partial charge is 0.496 e. The van der Waals surface area contributed by atoms with Gasteiger partial charge in [-0.25, -0.2) is 18.4 Å². The highest BCUT2D eigenvalue weighted by molar-refractivity contribution is 8.00. The van der Waals surface area contributed by atoms with E-state index in [0.29, 0.717) is 11.8 Å². The number of sulfonamides is 1. The van der Waals surface area contributed by atoms with Gasteiger partial charge in [-0.3, -0.25) is 4.79 Å². The van der Waals surface area contributed by atoms with Crippen molar-refractivity contribution in [3.63, 3.8) is 0 Å². The molecule has 1 amide bonds. The van der Waals surface area contributed by atoms with Crippen LogP contribution >= 0.6 is 11.8 Å². The van der Waals surface area contributed by atoms with Gasteiger partial charge < -0.3 is 14.4 Å². The van der Waals surface area contributed by atoms with Gasteiger partial charge in [0.25, 0.3) is 5.91 Å². The molecule has 0 saturated heterocycles. The first-order valence-electron chi connectivity index (χ1n) is 9.14. The number of hydrogen-bond acceptors (Lipinski definition) is 7. The van der Waals surface area contributed by atoms with Crippen LogP contribution in [-0.4, -0.2) is 45.8 Å². The number of fused-ring (bicyclic) bond motifs is 1. The van der Waals surface area contributed by atoms with Gasteiger partial charge in [-0.15, -0.1) is 11.8 Å². The average Bonchev–Trinajstić information content (AvgIpc) is 2.88. The third kappa shape index (κ3) is 4.94. The first kappa shape index (κ1) is 22.1. The molecule has 160 valence electrons. The van der Waals surface area contributed by atoms with E-state index < -0.39 is 22.6 Å². The molecule has 0 fully saturated rings. The number of esters is 1. The molecule has 0 aliphatic carbocycles. The number of thioether (sulfide) groups is 1. The lowest BCUT2D eigenvalue weighted by atomic mass is 10.2. The van der Waals surface area contributed by atoms with Crippen molar-refractivity contribution in [3.05, 3.63) is 48.0 Å². The van der Waals surface area contributed by atoms with Crippen molar-refractivity contribution in [3.8, 4) is 5.75 Å². The van der Waals surface area contributed by atoms with Gasteiger partial charge in [-0.2, -0.15) is 0 Å². The minimum absolute atomic E-state index is 0.116. The molecular formula is C20H22N2O6S2. The monoisotopic (exact) mass is 450 g/mol. The molecule has 1 aliphatic rings. The molecule has 0 aromatic heterocycles. The summed E-state index contributed by atoms with van der Waals surface area (Å²) in [6.45, 7) is 2.11. The number of ether oxygens (including phenoxy) is 2. The first-order chi connectivity index (χ1) is 14.2. The lowest BCUT2D eigenvalue weighted by Crippen LogP contribution is -2.35. The van der Waals surface area contributed by atoms with Crippen LogP contribution in [0.5, 0.6) is 5.75 Å². The molecule has 2 aromatic carbocycles. The van der Waals surface area contributed by atoms with E-state index in [1.807, 2.05) is 24.3 Å². The summed E-state index contributed by atoms with van der Waals surface area (Å²) < 4.78 is 33.4. The third-order valence-electron chi connectivity index (χ3n) is 4.59. The molecule has 1 aliphatic heterocycles. The predicted molar refractivity (Wildman–Crippen MR) is 113 cm³/mol. The van der Waals surface area contributed by atoms with E-state index in [2.05, 4.69) is 6.92 Å². The van der Waals surface area contributed by atoms with Crippen LogP contribution in [0.25, 0.3) is 0 Å². The van der Waals surface area contributed by atoms with Crippen molar-refractivity contribution in [1.29, 1.82) is 0 Å². The van der Waals surface area contributed by atoms with Gasteiger partial charge in [-0.05, 0) is 36.8 Å². The molecule has 1 unspecified atom stereocenters. The molecule has 1 atom stereocenters. The van der Waals surface area contributed by atoms with E-state index in [1.165, 1.54) is 19.2 Å². The van der Waals surface area contributed by atoms with Crippen molar-refractivity contribution in [2.24, 2.45) is 5.14 Å². The molecule has 0 saturated carbocycles. The van der Waals surface area contributed by atoms with Crippen LogP contribution in [-0.2, 0) is 19.6 Å². The van der Waals surface area contributed by atoms with Crippen molar-refractivity contribution >= 4 is 39.3 Å². The molecule has 0 bridgehead atoms. The summed E-state index contributed by atoms with van der Waals surface area (Å²) in [5, 5.41) is 5.47. The standard InChI is InChI=1S/C20H22N2O6S2/c1-13-9-10-22(16-5-3-4-6-18(16)29-13)19(23)12-28-20(24)15-11-14(30(21,25)26)7-8-17(15)27-2/h3-8,11,13H,9-10,12H2,1-2H3,(H2,21,25,26). The molecule has 0 radical (unpaired) electrons. The molecule has 0 spiro atoms. The second-order valence-electron chi connectivity index (χ2n) is 6.71. The van der Waals surface area contributed by atoms with Crippen molar-refractivity contribution in [2.75, 3.05) is 25.2 Å². The fraction of sp³-hybridized carbons (Fsp3) is 0.300. The van der Waals surface area contributed by atoms with Crippen LogP contribution in [0.3, 0.4) is 0 Å². The summed E-state index contributed by atoms with van der Waals surface area (Å²) in [7, 11) is -2.68. The maximum Gasteiger partial charge on any atom is 0.342 e. The zero-order valence-corrected chi connectivity index (χ0v) is 18.2. The number of rotatable bonds is 5. The minimum Gasteiger partial charge on any atom is -0.496 e. The minimum atomic E-state index is -4.02. The average molecular weight is 451 g/mol. The number of amides is 1. The number of benzene rings is 2. The second kappa shape index (κ2) is 9.07. The summed E-state index contributed by atoms with van der Waals surface area (Å²) in [6, 6.07) is 11.2. The first-order valence-corrected chi connectivity index (χ1v) is 11.6. The topological polar surface area (TPSA) is 116 Å². The zero-order chi connectivity index (χ0) is 21.9. The van der Waals surface area contributed by atoms with Crippen LogP contribution in [0.2, 0.25) is 0 Å². The summed E-state index contributed by atoms with van der Waals surface area (Å²) in [5.41, 5.74) is 0.652. The van der Waals surface area contributed by atoms with Crippen LogP contribution in [0.1, 0.15) is 23.7 Å². The number of primary sulfonamides is 1. The highest BCUT2D eigenvalue weighted by Gasteiger charge is 2.26. The third-order valence-corrected chi connectivity index (χ3v) is 6.74. The van der Waals surface area contributed by atoms with Gasteiger partial charge in [0, 0.05) is 16.7 Å². The van der Waals surface area contributed by atoms with Crippen molar-refractivity contribution < 1.29 is 27.5 Å². The van der Waals surface area contributed by atoms with E-state index in [4.69, 9.17) is 14.6 Å². The Labute approximate surface area is 179 Å². The smallest absolute Gasteiger partial charge is 0.342 e. The normalized spacial score (nSPS) is 16.4. The number of carbonyl (C=O) groups excluding carboxylic acids is 2. The maximum absolute atomic E-state index is 12.8. The molecule has 10 heteroatoms. The van der Waals surface area contributed by atoms with Gasteiger partial charge in [0.15, 0.2) is 6.61 Å². The fourth-order valence-electron chi connectivity index (χ4n) is 3.05. The predicted octanol–water partition coefficient (Wildman–Crippen LogP) is 2.42. The van der Waals surface area contributed by atoms with E-state index in [-0.39, 0.29) is 22.1 Å². The van der Waals surface area contributed by atoms with Crippen molar-refractivity contribution in [2.45, 2.75) is 28.4 Å². The molecule has 2 N–H and O–H groups in total. The van der Waals surface area contributed by atoms with Crippen LogP contribution in [0.4, 0.5) is 5.69 Å². The Morgan fingerprint density at radius 2 is 1.97 bits per heavy atom. The SMILES string of the molecule is COc1ccc(S(N)(=O)=O)cc1C(=O)OCC(=O)N1CCC(C)Sc2ccccc21. The summed E-state index contributed by atoms with van der Waals surface area (Å²) in [5.74, 6) is -1.13. The Morgan fingerprint density at radius 3 is 2.67 bits per heavy atom.